The largest absolute Gasteiger partial charge is 0.386 e. The first kappa shape index (κ1) is 14.9. The van der Waals surface area contributed by atoms with E-state index in [9.17, 15) is 10.1 Å². The molecule has 7 nitrogen and oxygen atoms in total. The van der Waals surface area contributed by atoms with Crippen molar-refractivity contribution in [3.8, 4) is 0 Å². The third-order valence-electron chi connectivity index (χ3n) is 4.09. The van der Waals surface area contributed by atoms with Gasteiger partial charge in [0, 0.05) is 13.6 Å². The number of imidazole rings is 1. The van der Waals surface area contributed by atoms with Gasteiger partial charge in [-0.1, -0.05) is 0 Å². The number of aromatic nitrogens is 2. The molecule has 1 aliphatic heterocycles. The Morgan fingerprint density at radius 3 is 2.80 bits per heavy atom. The predicted octanol–water partition coefficient (Wildman–Crippen LogP) is 1.15. The molecule has 0 unspecified atom stereocenters. The molecule has 0 spiro atoms. The summed E-state index contributed by atoms with van der Waals surface area (Å²) in [4.78, 5) is 16.7. The number of nitro groups is 1. The van der Waals surface area contributed by atoms with Crippen molar-refractivity contribution < 1.29 is 4.92 Å². The molecular formula is C13H23N5O2. The third-order valence-corrected chi connectivity index (χ3v) is 4.09. The second-order valence-corrected chi connectivity index (χ2v) is 5.49. The van der Waals surface area contributed by atoms with Crippen LogP contribution in [-0.4, -0.2) is 46.1 Å². The molecule has 0 bridgehead atoms. The van der Waals surface area contributed by atoms with Crippen molar-refractivity contribution in [1.82, 2.24) is 19.8 Å². The van der Waals surface area contributed by atoms with E-state index in [0.717, 1.165) is 25.6 Å². The summed E-state index contributed by atoms with van der Waals surface area (Å²) in [5, 5.41) is 14.1. The number of piperidine rings is 1. The molecule has 1 N–H and O–H groups in total. The van der Waals surface area contributed by atoms with E-state index in [2.05, 4.69) is 15.2 Å². The molecule has 1 saturated heterocycles. The maximum atomic E-state index is 11.0. The summed E-state index contributed by atoms with van der Waals surface area (Å²) in [5.41, 5.74) is 0.698. The number of likely N-dealkylation sites (tertiary alicyclic amines) is 1. The van der Waals surface area contributed by atoms with Crippen molar-refractivity contribution in [3.05, 3.63) is 22.1 Å². The van der Waals surface area contributed by atoms with E-state index >= 15 is 0 Å². The number of rotatable bonds is 6. The fourth-order valence-electron chi connectivity index (χ4n) is 2.77. The summed E-state index contributed by atoms with van der Waals surface area (Å²) >= 11 is 0. The highest BCUT2D eigenvalue weighted by molar-refractivity contribution is 5.26. The van der Waals surface area contributed by atoms with E-state index in [4.69, 9.17) is 0 Å². The van der Waals surface area contributed by atoms with Crippen LogP contribution in [0, 0.1) is 16.0 Å². The van der Waals surface area contributed by atoms with Gasteiger partial charge in [0.2, 0.25) is 6.33 Å². The van der Waals surface area contributed by atoms with Gasteiger partial charge in [-0.3, -0.25) is 4.90 Å². The maximum Gasteiger partial charge on any atom is 0.386 e. The van der Waals surface area contributed by atoms with Crippen LogP contribution in [0.5, 0.6) is 0 Å². The Morgan fingerprint density at radius 2 is 2.20 bits per heavy atom. The number of hydrogen-bond acceptors (Lipinski definition) is 5. The Bertz CT molecular complexity index is 452. The van der Waals surface area contributed by atoms with Gasteiger partial charge in [-0.25, -0.2) is 0 Å². The van der Waals surface area contributed by atoms with Crippen molar-refractivity contribution in [2.45, 2.75) is 25.8 Å². The van der Waals surface area contributed by atoms with Gasteiger partial charge in [0.1, 0.15) is 5.69 Å². The van der Waals surface area contributed by atoms with Gasteiger partial charge in [0.05, 0.1) is 0 Å². The Kier molecular flexibility index (Phi) is 5.08. The molecule has 0 saturated carbocycles. The fourth-order valence-corrected chi connectivity index (χ4v) is 2.77. The van der Waals surface area contributed by atoms with Gasteiger partial charge in [-0.2, -0.15) is 0 Å². The average molecular weight is 281 g/mol. The lowest BCUT2D eigenvalue weighted by atomic mass is 9.93. The molecule has 7 heteroatoms. The summed E-state index contributed by atoms with van der Waals surface area (Å²) in [6, 6.07) is 0. The molecule has 0 aromatic carbocycles. The van der Waals surface area contributed by atoms with Crippen LogP contribution in [-0.2, 0) is 13.6 Å². The zero-order valence-electron chi connectivity index (χ0n) is 12.2. The first-order chi connectivity index (χ1) is 9.61. The van der Waals surface area contributed by atoms with Gasteiger partial charge in [-0.05, 0) is 61.8 Å². The minimum atomic E-state index is -0.394. The van der Waals surface area contributed by atoms with Gasteiger partial charge < -0.3 is 20.0 Å². The summed E-state index contributed by atoms with van der Waals surface area (Å²) in [7, 11) is 3.80. The van der Waals surface area contributed by atoms with E-state index in [-0.39, 0.29) is 5.82 Å². The fraction of sp³-hybridized carbons (Fsp3) is 0.769. The highest BCUT2D eigenvalue weighted by Gasteiger charge is 2.25. The molecule has 1 aromatic rings. The molecular weight excluding hydrogens is 258 g/mol. The number of nitrogens with zero attached hydrogens (tertiary/aromatic N) is 4. The van der Waals surface area contributed by atoms with Crippen molar-refractivity contribution in [2.24, 2.45) is 13.0 Å². The molecule has 112 valence electrons. The van der Waals surface area contributed by atoms with Crippen molar-refractivity contribution in [1.29, 1.82) is 0 Å². The van der Waals surface area contributed by atoms with Crippen LogP contribution < -0.4 is 5.32 Å². The molecule has 1 fully saturated rings. The Balaban J connectivity index is 1.89. The zero-order chi connectivity index (χ0) is 14.5. The van der Waals surface area contributed by atoms with Crippen LogP contribution in [0.3, 0.4) is 0 Å². The zero-order valence-corrected chi connectivity index (χ0v) is 12.2. The predicted molar refractivity (Wildman–Crippen MR) is 76.4 cm³/mol. The van der Waals surface area contributed by atoms with Gasteiger partial charge in [-0.15, -0.1) is 0 Å². The molecule has 1 aliphatic rings. The molecule has 1 aromatic heterocycles. The quantitative estimate of drug-likeness (QED) is 0.625. The SMILES string of the molecule is CNCCC1CCN(Cc2c([N+](=O)[O-])ncn2C)CC1. The standard InChI is InChI=1S/C13H23N5O2/c1-14-6-3-11-4-7-17(8-5-11)9-12-13(18(19)20)15-10-16(12)2/h10-11,14H,3-9H2,1-2H3. The first-order valence-electron chi connectivity index (χ1n) is 7.13. The minimum Gasteiger partial charge on any atom is -0.358 e. The van der Waals surface area contributed by atoms with E-state index in [1.54, 1.807) is 4.57 Å². The van der Waals surface area contributed by atoms with Crippen molar-refractivity contribution in [3.63, 3.8) is 0 Å². The minimum absolute atomic E-state index is 0.00944. The lowest BCUT2D eigenvalue weighted by Gasteiger charge is -2.31. The summed E-state index contributed by atoms with van der Waals surface area (Å²) in [6.45, 7) is 3.71. The molecule has 0 radical (unpaired) electrons. The van der Waals surface area contributed by atoms with Crippen LogP contribution >= 0.6 is 0 Å². The number of aryl methyl sites for hydroxylation is 1. The second-order valence-electron chi connectivity index (χ2n) is 5.49. The monoisotopic (exact) mass is 281 g/mol. The highest BCUT2D eigenvalue weighted by atomic mass is 16.6. The van der Waals surface area contributed by atoms with E-state index in [0.29, 0.717) is 12.2 Å². The van der Waals surface area contributed by atoms with Crippen molar-refractivity contribution >= 4 is 5.82 Å². The van der Waals surface area contributed by atoms with Gasteiger partial charge in [0.25, 0.3) is 0 Å². The van der Waals surface area contributed by atoms with Crippen LogP contribution in [0.1, 0.15) is 25.0 Å². The van der Waals surface area contributed by atoms with Crippen LogP contribution in [0.15, 0.2) is 6.33 Å². The average Bonchev–Trinajstić information content (AvgIpc) is 2.80. The van der Waals surface area contributed by atoms with Gasteiger partial charge in [0.15, 0.2) is 0 Å². The number of nitrogens with one attached hydrogen (secondary N) is 1. The summed E-state index contributed by atoms with van der Waals surface area (Å²) in [5.74, 6) is 0.769. The van der Waals surface area contributed by atoms with Crippen LogP contribution in [0.2, 0.25) is 0 Å². The van der Waals surface area contributed by atoms with E-state index in [1.807, 2.05) is 14.1 Å². The van der Waals surface area contributed by atoms with E-state index in [1.165, 1.54) is 25.6 Å². The molecule has 0 amide bonds. The normalized spacial score (nSPS) is 17.5. The summed E-state index contributed by atoms with van der Waals surface area (Å²) < 4.78 is 1.76. The summed E-state index contributed by atoms with van der Waals surface area (Å²) in [6.07, 6.45) is 5.09. The molecule has 20 heavy (non-hydrogen) atoms. The molecule has 2 heterocycles. The topological polar surface area (TPSA) is 76.2 Å². The van der Waals surface area contributed by atoms with Crippen LogP contribution in [0.4, 0.5) is 5.82 Å². The molecule has 0 aliphatic carbocycles. The highest BCUT2D eigenvalue weighted by Crippen LogP contribution is 2.23. The second kappa shape index (κ2) is 6.81. The van der Waals surface area contributed by atoms with Crippen LogP contribution in [0.25, 0.3) is 0 Å². The number of hydrogen-bond donors (Lipinski definition) is 1. The Labute approximate surface area is 119 Å². The van der Waals surface area contributed by atoms with E-state index < -0.39 is 4.92 Å². The third kappa shape index (κ3) is 3.55. The smallest absolute Gasteiger partial charge is 0.358 e. The van der Waals surface area contributed by atoms with Gasteiger partial charge >= 0.3 is 5.82 Å². The first-order valence-corrected chi connectivity index (χ1v) is 7.13. The van der Waals surface area contributed by atoms with Crippen molar-refractivity contribution in [2.75, 3.05) is 26.7 Å². The maximum absolute atomic E-state index is 11.0. The molecule has 0 atom stereocenters. The Morgan fingerprint density at radius 1 is 1.50 bits per heavy atom. The lowest BCUT2D eigenvalue weighted by Crippen LogP contribution is -2.34. The lowest BCUT2D eigenvalue weighted by molar-refractivity contribution is -0.390. The Hall–Kier alpha value is -1.47. The molecule has 2 rings (SSSR count).